The number of nitrogens with one attached hydrogen (secondary N) is 5. The van der Waals surface area contributed by atoms with E-state index in [1.807, 2.05) is 0 Å². The second-order valence-corrected chi connectivity index (χ2v) is 25.0. The summed E-state index contributed by atoms with van der Waals surface area (Å²) in [5.41, 5.74) is 1.93. The van der Waals surface area contributed by atoms with Crippen LogP contribution in [0.1, 0.15) is 53.9 Å². The van der Waals surface area contributed by atoms with E-state index in [1.54, 1.807) is 47.4 Å². The summed E-state index contributed by atoms with van der Waals surface area (Å²) >= 11 is 0. The fraction of sp³-hybridized carbons (Fsp3) is 0.343. The monoisotopic (exact) mass is 3630 g/mol. The molecule has 625 valence electrons. The van der Waals surface area contributed by atoms with Crippen molar-refractivity contribution in [2.45, 2.75) is 98.2 Å². The first-order valence-corrected chi connectivity index (χ1v) is 33.8. The number of aromatic amines is 3. The van der Waals surface area contributed by atoms with Gasteiger partial charge in [0.05, 0.1) is 95.2 Å². The number of carbonyl (C=O) groups is 4. The summed E-state index contributed by atoms with van der Waals surface area (Å²) in [5, 5.41) is 131. The van der Waals surface area contributed by atoms with Gasteiger partial charge in [0.15, 0.2) is 75.4 Å². The topological polar surface area (TPSA) is 669 Å². The van der Waals surface area contributed by atoms with Gasteiger partial charge in [0.2, 0.25) is 24.5 Å². The number of pyridine rings is 4. The summed E-state index contributed by atoms with van der Waals surface area (Å²) in [6.07, 6.45) is -1.42. The number of fused-ring (bicyclic) bond motifs is 8. The number of anilines is 2. The first kappa shape index (κ1) is 118. The zero-order chi connectivity index (χ0) is 81.5. The Balaban J connectivity index is 0.000000401. The van der Waals surface area contributed by atoms with Crippen LogP contribution in [0.25, 0.3) is 61.5 Å². The SMILES string of the molecule is COC(=O)c1ccc2c(=O)[nH]c3c(NC4OC(CO)C(O)C4O)ncnc3[n+]2c1.COC(=O)c1ccc[n+](-c2ncnc3c2ncn3C2OC(CO)C(O)C2O)c1.COC(=O)c1cccnc1.O=C(O)c1ccc2c(=O)[nH]c3c(NC4OC(CO)C(O)C4O)ncnc3[n+]2c1.O=c1[nH]cnc2c1ncn2C1OC(CO)C(O)C1O.[Ac].[Ac].[Ac].[Ac].[Ac].[Ac].[Ac].[Ac].[Ac]. The molecule has 16 atom stereocenters. The van der Waals surface area contributed by atoms with Gasteiger partial charge in [0, 0.05) is 409 Å². The molecule has 0 spiro atoms. The third kappa shape index (κ3) is 27.0. The van der Waals surface area contributed by atoms with Crippen LogP contribution in [0.15, 0.2) is 138 Å². The minimum absolute atomic E-state index is 0. The zero-order valence-electron chi connectivity index (χ0n) is 64.5. The first-order chi connectivity index (χ1) is 54.9. The van der Waals surface area contributed by atoms with Crippen LogP contribution in [0.3, 0.4) is 0 Å². The number of esters is 3. The molecule has 9 radical (unpaired) electrons. The normalized spacial score (nSPS) is 22.4. The van der Waals surface area contributed by atoms with Crippen molar-refractivity contribution in [3.63, 3.8) is 0 Å². The molecule has 12 aromatic rings. The van der Waals surface area contributed by atoms with Gasteiger partial charge in [-0.2, -0.15) is 23.8 Å². The summed E-state index contributed by atoms with van der Waals surface area (Å²) in [5.74, 6) is -1.97. The van der Waals surface area contributed by atoms with E-state index < -0.39 is 159 Å². The summed E-state index contributed by atoms with van der Waals surface area (Å²) in [4.78, 5) is 130. The Hall–Kier alpha value is 0.414. The Kier molecular flexibility index (Phi) is 52.4. The molecule has 16 rings (SSSR count). The van der Waals surface area contributed by atoms with Gasteiger partial charge in [-0.3, -0.25) is 28.5 Å². The van der Waals surface area contributed by atoms with E-state index in [0.29, 0.717) is 28.1 Å². The van der Waals surface area contributed by atoms with Crippen LogP contribution in [-0.2, 0) is 33.2 Å². The van der Waals surface area contributed by atoms with Gasteiger partial charge in [0.25, 0.3) is 16.7 Å². The van der Waals surface area contributed by atoms with Gasteiger partial charge < -0.3 is 125 Å². The van der Waals surface area contributed by atoms with E-state index >= 15 is 0 Å². The predicted octanol–water partition coefficient (Wildman–Crippen LogP) is -7.60. The molecule has 0 aromatic carbocycles. The van der Waals surface area contributed by atoms with E-state index in [-0.39, 0.29) is 470 Å². The number of hydrogen-bond acceptors (Lipinski definition) is 38. The molecule has 16 unspecified atom stereocenters. The summed E-state index contributed by atoms with van der Waals surface area (Å²) in [7, 11) is 3.89. The van der Waals surface area contributed by atoms with Crippen molar-refractivity contribution in [1.82, 2.24) is 73.9 Å². The summed E-state index contributed by atoms with van der Waals surface area (Å²) < 4.78 is 42.7. The molecule has 4 fully saturated rings. The number of imidazole rings is 2. The van der Waals surface area contributed by atoms with Crippen molar-refractivity contribution in [1.29, 1.82) is 0 Å². The van der Waals surface area contributed by atoms with E-state index in [4.69, 9.17) is 33.5 Å². The molecule has 0 bridgehead atoms. The number of aromatic carboxylic acids is 1. The minimum atomic E-state index is -1.35. The molecule has 4 saturated heterocycles. The van der Waals surface area contributed by atoms with Crippen molar-refractivity contribution < 1.29 is 529 Å². The van der Waals surface area contributed by atoms with E-state index in [0.717, 1.165) is 0 Å². The Morgan fingerprint density at radius 2 is 0.878 bits per heavy atom. The van der Waals surface area contributed by atoms with Crippen LogP contribution in [0.2, 0.25) is 0 Å². The second kappa shape index (κ2) is 54.8. The van der Waals surface area contributed by atoms with Crippen molar-refractivity contribution in [3.8, 4) is 5.82 Å². The van der Waals surface area contributed by atoms with Crippen LogP contribution in [0.4, 0.5) is 11.6 Å². The maximum absolute atomic E-state index is 12.5. The molecule has 0 amide bonds. The molecule has 56 heteroatoms. The quantitative estimate of drug-likeness (QED) is 0.0196. The van der Waals surface area contributed by atoms with Crippen LogP contribution in [-0.4, -0.2) is 298 Å². The number of aromatic nitrogens is 18. The maximum atomic E-state index is 12.5. The van der Waals surface area contributed by atoms with Crippen molar-refractivity contribution in [2.75, 3.05) is 58.4 Å². The molecule has 4 aliphatic heterocycles. The number of aliphatic hydroxyl groups is 12. The molecule has 4 aliphatic rings. The number of carbonyl (C=O) groups excluding carboxylic acids is 3. The first-order valence-electron chi connectivity index (χ1n) is 33.8. The van der Waals surface area contributed by atoms with Crippen LogP contribution >= 0.6 is 0 Å². The van der Waals surface area contributed by atoms with E-state index in [2.05, 4.69) is 80.2 Å². The predicted molar refractivity (Wildman–Crippen MR) is 376 cm³/mol. The molecule has 0 aliphatic carbocycles. The molecular weight excluding hydrogens is 3560 g/mol. The average molecular weight is 3630 g/mol. The number of ether oxygens (including phenoxy) is 7. The van der Waals surface area contributed by atoms with Crippen LogP contribution in [0, 0.1) is 397 Å². The fourth-order valence-electron chi connectivity index (χ4n) is 12.2. The van der Waals surface area contributed by atoms with Gasteiger partial charge in [-0.1, -0.05) is 0 Å². The maximum Gasteiger partial charge on any atom is 0.359 e. The molecule has 16 heterocycles. The minimum Gasteiger partial charge on any atom is -0.478 e. The number of hydrogen-bond donors (Lipinski definition) is 18. The van der Waals surface area contributed by atoms with E-state index in [9.17, 15) is 94.8 Å². The van der Waals surface area contributed by atoms with Crippen molar-refractivity contribution in [3.05, 3.63) is 177 Å². The molecule has 123 heavy (non-hydrogen) atoms. The third-order valence-corrected chi connectivity index (χ3v) is 18.1. The van der Waals surface area contributed by atoms with Gasteiger partial charge in [0.1, 0.15) is 91.8 Å². The largest absolute Gasteiger partial charge is 0.478 e. The Bertz CT molecular complexity index is 5750. The molecule has 47 nitrogen and oxygen atoms in total. The number of methoxy groups -OCH3 is 3. The summed E-state index contributed by atoms with van der Waals surface area (Å²) in [6.45, 7) is -1.82. The average Bonchev–Trinajstić information content (AvgIpc) is 1.68. The van der Waals surface area contributed by atoms with Crippen molar-refractivity contribution in [2.24, 2.45) is 0 Å². The third-order valence-electron chi connectivity index (χ3n) is 18.1. The Morgan fingerprint density at radius 3 is 1.32 bits per heavy atom. The van der Waals surface area contributed by atoms with Crippen LogP contribution < -0.4 is 40.7 Å². The fourth-order valence-corrected chi connectivity index (χ4v) is 12.2. The number of rotatable bonds is 15. The van der Waals surface area contributed by atoms with Gasteiger partial charge >= 0.3 is 41.0 Å². The standard InChI is InChI=1S/C17H17N5O7.C17H18N5O6.C16H15N5O7.C10H12N4O5.C7H7NO2.9Ac/c1-28-17(27)7-2-3-8-15(26)20-10-13(18-6-19-14(10)22(8)4-7)21-16-12(25)11(24)9(5-23)29-16;1-27-17(26)9-3-2-4-21(5-9)14-11-15(19-7-18-14)22(8-20-11)16-13(25)12(24)10(6-23)28-16;22-4-8-10(23)11(24)15(28-8)20-12-9-13(18-5-17-12)21-3-6(16(26)27)1-2-7(21)14(25)19-9;15-1-4-6(16)7(17)10(19-4)14-3-13-5-8(14)11-2-12-9(5)18;1-10-7(9)6-3-2-4-8-5-6;;;;;;;;;/h2-4,6,9,11-12,16,23-26H,5H2,1H3;2-5,7-8,10,12-13,16,23-25H,6H2,1H3;1-3,5,8,10-11,15,22-24H,4H2,(H2,25,26,27);2-4,6-7,10,15-17H,1H2,(H,11,12,18);2-5H,1H3;;;;;;;;;/q;+1;;;;;;;;;;;;/p+2. The summed E-state index contributed by atoms with van der Waals surface area (Å²) in [6, 6.07) is 12.2. The Morgan fingerprint density at radius 1 is 0.463 bits per heavy atom. The number of carboxylic acids is 1. The number of H-pyrrole nitrogens is 3. The Labute approximate surface area is 1010 Å². The number of aliphatic hydroxyl groups excluding tert-OH is 12. The van der Waals surface area contributed by atoms with Gasteiger partial charge in [-0.05, 0) is 63.5 Å². The smallest absolute Gasteiger partial charge is 0.359 e. The van der Waals surface area contributed by atoms with Crippen LogP contribution in [0.5, 0.6) is 0 Å². The van der Waals surface area contributed by atoms with E-state index in [1.165, 1.54) is 120 Å². The second-order valence-electron chi connectivity index (χ2n) is 25.0. The molecular formula is C67H71Ac9N20O27+3. The van der Waals surface area contributed by atoms with Gasteiger partial charge in [-0.15, -0.1) is 0 Å². The van der Waals surface area contributed by atoms with Gasteiger partial charge in [-0.25, -0.2) is 38.7 Å². The zero-order valence-corrected chi connectivity index (χ0v) is 107. The molecule has 18 N–H and O–H groups in total. The number of nitrogens with zero attached hydrogens (tertiary/aromatic N) is 15. The van der Waals surface area contributed by atoms with Crippen molar-refractivity contribution >= 4 is 91.2 Å². The number of carboxylic acid groups (broad SMARTS) is 1. The molecule has 12 aromatic heterocycles. The molecule has 0 saturated carbocycles.